The predicted molar refractivity (Wildman–Crippen MR) is 89.9 cm³/mol. The van der Waals surface area contributed by atoms with Gasteiger partial charge in [-0.15, -0.1) is 0 Å². The van der Waals surface area contributed by atoms with E-state index in [2.05, 4.69) is 36.1 Å². The van der Waals surface area contributed by atoms with E-state index in [0.29, 0.717) is 12.5 Å². The Balaban J connectivity index is 1.64. The van der Waals surface area contributed by atoms with Crippen LogP contribution in [0.25, 0.3) is 0 Å². The number of hydrogen-bond donors (Lipinski definition) is 1. The first kappa shape index (κ1) is 15.3. The van der Waals surface area contributed by atoms with Crippen LogP contribution in [-0.2, 0) is 4.79 Å². The summed E-state index contributed by atoms with van der Waals surface area (Å²) in [5.74, 6) is 0.303. The summed E-state index contributed by atoms with van der Waals surface area (Å²) in [7, 11) is 0. The molecule has 2 fully saturated rings. The third-order valence-corrected chi connectivity index (χ3v) is 5.43. The molecule has 0 aromatic heterocycles. The van der Waals surface area contributed by atoms with E-state index >= 15 is 0 Å². The number of anilines is 1. The smallest absolute Gasteiger partial charge is 0.230 e. The highest BCUT2D eigenvalue weighted by molar-refractivity contribution is 5.83. The van der Waals surface area contributed by atoms with Crippen molar-refractivity contribution in [1.29, 1.82) is 0 Å². The van der Waals surface area contributed by atoms with Crippen molar-refractivity contribution in [2.75, 3.05) is 37.6 Å². The predicted octanol–water partition coefficient (Wildman–Crippen LogP) is 2.16. The number of carbonyl (C=O) groups excluding carboxylic acids is 1. The Bertz CT molecular complexity index is 529. The summed E-state index contributed by atoms with van der Waals surface area (Å²) < 4.78 is 0. The van der Waals surface area contributed by atoms with E-state index in [1.807, 2.05) is 4.90 Å². The summed E-state index contributed by atoms with van der Waals surface area (Å²) in [6.45, 7) is 6.11. The molecule has 1 saturated carbocycles. The van der Waals surface area contributed by atoms with Crippen molar-refractivity contribution in [1.82, 2.24) is 4.90 Å². The molecule has 120 valence electrons. The van der Waals surface area contributed by atoms with Crippen molar-refractivity contribution >= 4 is 11.6 Å². The first-order chi connectivity index (χ1) is 10.7. The van der Waals surface area contributed by atoms with Gasteiger partial charge in [-0.05, 0) is 31.4 Å². The fourth-order valence-electron chi connectivity index (χ4n) is 3.96. The van der Waals surface area contributed by atoms with Gasteiger partial charge in [-0.2, -0.15) is 0 Å². The molecule has 2 N–H and O–H groups in total. The van der Waals surface area contributed by atoms with Gasteiger partial charge in [0.2, 0.25) is 5.91 Å². The maximum atomic E-state index is 12.9. The number of carbonyl (C=O) groups is 1. The molecule has 1 aliphatic heterocycles. The first-order valence-electron chi connectivity index (χ1n) is 8.46. The summed E-state index contributed by atoms with van der Waals surface area (Å²) in [5.41, 5.74) is 8.30. The van der Waals surface area contributed by atoms with Crippen molar-refractivity contribution in [2.24, 2.45) is 11.1 Å². The average Bonchev–Trinajstić information content (AvgIpc) is 3.05. The Morgan fingerprint density at radius 3 is 2.36 bits per heavy atom. The number of rotatable bonds is 3. The number of benzene rings is 1. The third kappa shape index (κ3) is 2.72. The lowest BCUT2D eigenvalue weighted by Gasteiger charge is -2.40. The Labute approximate surface area is 133 Å². The number of hydrogen-bond acceptors (Lipinski definition) is 3. The van der Waals surface area contributed by atoms with Gasteiger partial charge in [0.05, 0.1) is 5.41 Å². The van der Waals surface area contributed by atoms with E-state index in [1.54, 1.807) is 0 Å². The molecule has 1 aromatic carbocycles. The molecule has 4 heteroatoms. The Hall–Kier alpha value is -1.55. The lowest BCUT2D eigenvalue weighted by molar-refractivity contribution is -0.141. The zero-order valence-electron chi connectivity index (χ0n) is 13.6. The summed E-state index contributed by atoms with van der Waals surface area (Å²) in [6, 6.07) is 8.48. The van der Waals surface area contributed by atoms with Gasteiger partial charge in [-0.25, -0.2) is 0 Å². The minimum Gasteiger partial charge on any atom is -0.368 e. The minimum atomic E-state index is -0.259. The number of amides is 1. The van der Waals surface area contributed by atoms with Crippen molar-refractivity contribution in [2.45, 2.75) is 32.6 Å². The summed E-state index contributed by atoms with van der Waals surface area (Å²) in [5, 5.41) is 0. The highest BCUT2D eigenvalue weighted by Crippen LogP contribution is 2.39. The van der Waals surface area contributed by atoms with Crippen molar-refractivity contribution in [3.8, 4) is 0 Å². The second-order valence-corrected chi connectivity index (χ2v) is 6.76. The zero-order chi connectivity index (χ0) is 15.6. The van der Waals surface area contributed by atoms with Gasteiger partial charge >= 0.3 is 0 Å². The fourth-order valence-corrected chi connectivity index (χ4v) is 3.96. The monoisotopic (exact) mass is 301 g/mol. The van der Waals surface area contributed by atoms with Crippen molar-refractivity contribution < 1.29 is 4.79 Å². The number of piperazine rings is 1. The Kier molecular flexibility index (Phi) is 4.39. The van der Waals surface area contributed by atoms with Crippen LogP contribution in [0.2, 0.25) is 0 Å². The summed E-state index contributed by atoms with van der Waals surface area (Å²) in [6.07, 6.45) is 4.24. The Morgan fingerprint density at radius 2 is 1.77 bits per heavy atom. The first-order valence-corrected chi connectivity index (χ1v) is 8.46. The number of nitrogens with two attached hydrogens (primary N) is 1. The second kappa shape index (κ2) is 6.29. The van der Waals surface area contributed by atoms with Crippen LogP contribution in [0.4, 0.5) is 5.69 Å². The maximum Gasteiger partial charge on any atom is 0.230 e. The van der Waals surface area contributed by atoms with Crippen LogP contribution in [0.3, 0.4) is 0 Å². The average molecular weight is 301 g/mol. The van der Waals surface area contributed by atoms with Gasteiger partial charge in [0.25, 0.3) is 0 Å². The van der Waals surface area contributed by atoms with E-state index in [9.17, 15) is 4.79 Å². The van der Waals surface area contributed by atoms with Crippen LogP contribution < -0.4 is 10.6 Å². The van der Waals surface area contributed by atoms with Crippen LogP contribution in [0, 0.1) is 12.3 Å². The van der Waals surface area contributed by atoms with E-state index in [1.165, 1.54) is 11.3 Å². The SMILES string of the molecule is Cc1ccccc1N1CCN(C(=O)C2(CN)CCCC2)CC1. The molecule has 4 nitrogen and oxygen atoms in total. The lowest BCUT2D eigenvalue weighted by Crippen LogP contribution is -2.54. The van der Waals surface area contributed by atoms with Gasteiger partial charge in [0.1, 0.15) is 0 Å². The van der Waals surface area contributed by atoms with Crippen LogP contribution in [-0.4, -0.2) is 43.5 Å². The molecule has 1 saturated heterocycles. The molecule has 1 amide bonds. The van der Waals surface area contributed by atoms with Crippen LogP contribution >= 0.6 is 0 Å². The van der Waals surface area contributed by atoms with Crippen LogP contribution in [0.1, 0.15) is 31.2 Å². The molecule has 3 rings (SSSR count). The molecule has 1 aliphatic carbocycles. The minimum absolute atomic E-state index is 0.259. The van der Waals surface area contributed by atoms with E-state index in [4.69, 9.17) is 5.73 Å². The quantitative estimate of drug-likeness (QED) is 0.931. The molecule has 0 spiro atoms. The summed E-state index contributed by atoms with van der Waals surface area (Å²) in [4.78, 5) is 17.3. The standard InChI is InChI=1S/C18H27N3O/c1-15-6-2-3-7-16(15)20-10-12-21(13-11-20)17(22)18(14-19)8-4-5-9-18/h2-3,6-7H,4-5,8-14,19H2,1H3. The molecule has 1 aromatic rings. The largest absolute Gasteiger partial charge is 0.368 e. The molecule has 2 aliphatic rings. The van der Waals surface area contributed by atoms with Gasteiger partial charge in [-0.1, -0.05) is 31.0 Å². The van der Waals surface area contributed by atoms with Gasteiger partial charge in [0, 0.05) is 38.4 Å². The maximum absolute atomic E-state index is 12.9. The number of para-hydroxylation sites is 1. The molecular weight excluding hydrogens is 274 g/mol. The molecular formula is C18H27N3O. The van der Waals surface area contributed by atoms with Gasteiger partial charge in [-0.3, -0.25) is 4.79 Å². The summed E-state index contributed by atoms with van der Waals surface area (Å²) >= 11 is 0. The highest BCUT2D eigenvalue weighted by atomic mass is 16.2. The van der Waals surface area contributed by atoms with Crippen molar-refractivity contribution in [3.05, 3.63) is 29.8 Å². The van der Waals surface area contributed by atoms with Gasteiger partial charge in [0.15, 0.2) is 0 Å². The van der Waals surface area contributed by atoms with E-state index in [-0.39, 0.29) is 5.41 Å². The fraction of sp³-hybridized carbons (Fsp3) is 0.611. The molecule has 1 heterocycles. The Morgan fingerprint density at radius 1 is 1.14 bits per heavy atom. The molecule has 0 unspecified atom stereocenters. The highest BCUT2D eigenvalue weighted by Gasteiger charge is 2.42. The number of aryl methyl sites for hydroxylation is 1. The molecule has 0 atom stereocenters. The van der Waals surface area contributed by atoms with E-state index < -0.39 is 0 Å². The topological polar surface area (TPSA) is 49.6 Å². The molecule has 0 radical (unpaired) electrons. The van der Waals surface area contributed by atoms with Crippen LogP contribution in [0.15, 0.2) is 24.3 Å². The van der Waals surface area contributed by atoms with E-state index in [0.717, 1.165) is 51.9 Å². The lowest BCUT2D eigenvalue weighted by atomic mass is 9.84. The molecule has 22 heavy (non-hydrogen) atoms. The van der Waals surface area contributed by atoms with Crippen molar-refractivity contribution in [3.63, 3.8) is 0 Å². The molecule has 0 bridgehead atoms. The second-order valence-electron chi connectivity index (χ2n) is 6.76. The number of nitrogens with zero attached hydrogens (tertiary/aromatic N) is 2. The van der Waals surface area contributed by atoms with Gasteiger partial charge < -0.3 is 15.5 Å². The van der Waals surface area contributed by atoms with Crippen LogP contribution in [0.5, 0.6) is 0 Å². The zero-order valence-corrected chi connectivity index (χ0v) is 13.6. The normalized spacial score (nSPS) is 21.2. The third-order valence-electron chi connectivity index (χ3n) is 5.43.